The van der Waals surface area contributed by atoms with Crippen LogP contribution in [0.5, 0.6) is 0 Å². The lowest BCUT2D eigenvalue weighted by molar-refractivity contribution is -0.141. The number of carbonyl (C=O) groups excluding carboxylic acids is 1. The second-order valence-electron chi connectivity index (χ2n) is 5.10. The average Bonchev–Trinajstić information content (AvgIpc) is 2.87. The zero-order valence-corrected chi connectivity index (χ0v) is 11.2. The summed E-state index contributed by atoms with van der Waals surface area (Å²) in [5.41, 5.74) is 1.18. The van der Waals surface area contributed by atoms with Gasteiger partial charge in [-0.3, -0.25) is 4.79 Å². The van der Waals surface area contributed by atoms with E-state index in [1.165, 1.54) is 4.90 Å². The number of rotatable bonds is 3. The van der Waals surface area contributed by atoms with Crippen molar-refractivity contribution in [2.45, 2.75) is 38.6 Å². The first-order valence-electron chi connectivity index (χ1n) is 6.51. The molecule has 1 aromatic heterocycles. The van der Waals surface area contributed by atoms with Crippen molar-refractivity contribution in [2.24, 2.45) is 0 Å². The molecule has 5 nitrogen and oxygen atoms in total. The van der Waals surface area contributed by atoms with E-state index in [0.717, 1.165) is 12.1 Å². The van der Waals surface area contributed by atoms with Crippen LogP contribution in [0.15, 0.2) is 18.2 Å². The lowest BCUT2D eigenvalue weighted by Crippen LogP contribution is -2.40. The molecule has 1 aliphatic rings. The zero-order valence-electron chi connectivity index (χ0n) is 11.2. The normalized spacial score (nSPS) is 18.9. The Balaban J connectivity index is 2.24. The lowest BCUT2D eigenvalue weighted by atomic mass is 10.1. The van der Waals surface area contributed by atoms with E-state index >= 15 is 0 Å². The predicted octanol–water partition coefficient (Wildman–Crippen LogP) is 1.89. The van der Waals surface area contributed by atoms with Gasteiger partial charge in [0.05, 0.1) is 0 Å². The molecule has 1 fully saturated rings. The summed E-state index contributed by atoms with van der Waals surface area (Å²) < 4.78 is 0. The number of hydrogen-bond acceptors (Lipinski definition) is 3. The molecular weight excluding hydrogens is 244 g/mol. The minimum atomic E-state index is -0.939. The summed E-state index contributed by atoms with van der Waals surface area (Å²) in [4.78, 5) is 29.2. The maximum Gasteiger partial charge on any atom is 0.326 e. The molecule has 2 heterocycles. The van der Waals surface area contributed by atoms with Crippen LogP contribution >= 0.6 is 0 Å². The lowest BCUT2D eigenvalue weighted by Gasteiger charge is -2.21. The van der Waals surface area contributed by atoms with Crippen molar-refractivity contribution >= 4 is 11.9 Å². The predicted molar refractivity (Wildman–Crippen MR) is 70.0 cm³/mol. The van der Waals surface area contributed by atoms with Gasteiger partial charge in [-0.05, 0) is 30.9 Å². The molecule has 1 unspecified atom stereocenters. The Kier molecular flexibility index (Phi) is 3.83. The van der Waals surface area contributed by atoms with Crippen LogP contribution in [0.3, 0.4) is 0 Å². The van der Waals surface area contributed by atoms with E-state index in [0.29, 0.717) is 18.7 Å². The third kappa shape index (κ3) is 2.75. The number of carboxylic acids is 1. The number of nitrogens with zero attached hydrogens (tertiary/aromatic N) is 2. The van der Waals surface area contributed by atoms with Crippen LogP contribution in [-0.2, 0) is 4.79 Å². The molecule has 5 heteroatoms. The molecule has 0 bridgehead atoms. The minimum absolute atomic E-state index is 0.238. The van der Waals surface area contributed by atoms with Gasteiger partial charge in [0, 0.05) is 12.2 Å². The Morgan fingerprint density at radius 1 is 1.42 bits per heavy atom. The standard InChI is InChI=1S/C14H18N2O3/c1-9(2)10-5-3-6-11(15-10)13(17)16-8-4-7-12(16)14(18)19/h3,5-6,9,12H,4,7-8H2,1-2H3,(H,18,19). The van der Waals surface area contributed by atoms with Gasteiger partial charge >= 0.3 is 5.97 Å². The van der Waals surface area contributed by atoms with Crippen LogP contribution in [0.2, 0.25) is 0 Å². The van der Waals surface area contributed by atoms with Crippen molar-refractivity contribution in [2.75, 3.05) is 6.54 Å². The number of hydrogen-bond donors (Lipinski definition) is 1. The van der Waals surface area contributed by atoms with Crippen molar-refractivity contribution < 1.29 is 14.7 Å². The fraction of sp³-hybridized carbons (Fsp3) is 0.500. The monoisotopic (exact) mass is 262 g/mol. The molecule has 1 aliphatic heterocycles. The highest BCUT2D eigenvalue weighted by Gasteiger charge is 2.34. The Morgan fingerprint density at radius 2 is 2.16 bits per heavy atom. The van der Waals surface area contributed by atoms with Gasteiger partial charge in [0.15, 0.2) is 0 Å². The van der Waals surface area contributed by atoms with E-state index in [1.54, 1.807) is 12.1 Å². The summed E-state index contributed by atoms with van der Waals surface area (Å²) in [5, 5.41) is 9.11. The average molecular weight is 262 g/mol. The molecule has 1 saturated heterocycles. The quantitative estimate of drug-likeness (QED) is 0.903. The number of carbonyl (C=O) groups is 2. The molecule has 0 aromatic carbocycles. The van der Waals surface area contributed by atoms with Gasteiger partial charge in [0.2, 0.25) is 0 Å². The summed E-state index contributed by atoms with van der Waals surface area (Å²) in [6.45, 7) is 4.50. The topological polar surface area (TPSA) is 70.5 Å². The fourth-order valence-corrected chi connectivity index (χ4v) is 2.31. The Bertz CT molecular complexity index is 499. The van der Waals surface area contributed by atoms with Crippen LogP contribution in [-0.4, -0.2) is 39.5 Å². The number of aliphatic carboxylic acids is 1. The second kappa shape index (κ2) is 5.38. The molecule has 1 aromatic rings. The van der Waals surface area contributed by atoms with E-state index < -0.39 is 12.0 Å². The van der Waals surface area contributed by atoms with Crippen LogP contribution in [0.1, 0.15) is 48.8 Å². The molecule has 102 valence electrons. The summed E-state index contributed by atoms with van der Waals surface area (Å²) in [7, 11) is 0. The first-order valence-corrected chi connectivity index (χ1v) is 6.51. The Hall–Kier alpha value is -1.91. The summed E-state index contributed by atoms with van der Waals surface area (Å²) in [6, 6.07) is 4.60. The van der Waals surface area contributed by atoms with E-state index in [2.05, 4.69) is 4.98 Å². The number of pyridine rings is 1. The van der Waals surface area contributed by atoms with Gasteiger partial charge in [-0.15, -0.1) is 0 Å². The van der Waals surface area contributed by atoms with Crippen molar-refractivity contribution in [3.63, 3.8) is 0 Å². The Morgan fingerprint density at radius 3 is 2.79 bits per heavy atom. The first-order chi connectivity index (χ1) is 9.00. The molecule has 0 saturated carbocycles. The van der Waals surface area contributed by atoms with E-state index in [9.17, 15) is 9.59 Å². The summed E-state index contributed by atoms with van der Waals surface area (Å²) in [5.74, 6) is -0.986. The smallest absolute Gasteiger partial charge is 0.326 e. The van der Waals surface area contributed by atoms with E-state index in [4.69, 9.17) is 5.11 Å². The van der Waals surface area contributed by atoms with Crippen molar-refractivity contribution in [1.29, 1.82) is 0 Å². The van der Waals surface area contributed by atoms with Gasteiger partial charge < -0.3 is 10.0 Å². The third-order valence-corrected chi connectivity index (χ3v) is 3.38. The maximum atomic E-state index is 12.3. The largest absolute Gasteiger partial charge is 0.480 e. The summed E-state index contributed by atoms with van der Waals surface area (Å²) in [6.07, 6.45) is 1.25. The highest BCUT2D eigenvalue weighted by atomic mass is 16.4. The maximum absolute atomic E-state index is 12.3. The number of amides is 1. The molecule has 0 spiro atoms. The van der Waals surface area contributed by atoms with Crippen LogP contribution in [0, 0.1) is 0 Å². The molecule has 1 atom stereocenters. The Labute approximate surface area is 112 Å². The van der Waals surface area contributed by atoms with Crippen molar-refractivity contribution in [1.82, 2.24) is 9.88 Å². The summed E-state index contributed by atoms with van der Waals surface area (Å²) >= 11 is 0. The molecular formula is C14H18N2O3. The zero-order chi connectivity index (χ0) is 14.0. The van der Waals surface area contributed by atoms with Gasteiger partial charge in [0.1, 0.15) is 11.7 Å². The van der Waals surface area contributed by atoms with Gasteiger partial charge in [0.25, 0.3) is 5.91 Å². The minimum Gasteiger partial charge on any atom is -0.480 e. The molecule has 19 heavy (non-hydrogen) atoms. The fourth-order valence-electron chi connectivity index (χ4n) is 2.31. The number of aromatic nitrogens is 1. The van der Waals surface area contributed by atoms with Crippen molar-refractivity contribution in [3.05, 3.63) is 29.6 Å². The first kappa shape index (κ1) is 13.5. The van der Waals surface area contributed by atoms with Crippen LogP contribution in [0.25, 0.3) is 0 Å². The van der Waals surface area contributed by atoms with Crippen molar-refractivity contribution in [3.8, 4) is 0 Å². The van der Waals surface area contributed by atoms with Gasteiger partial charge in [-0.25, -0.2) is 9.78 Å². The molecule has 1 amide bonds. The molecule has 1 N–H and O–H groups in total. The van der Waals surface area contributed by atoms with Crippen LogP contribution < -0.4 is 0 Å². The number of carboxylic acid groups (broad SMARTS) is 1. The molecule has 0 aliphatic carbocycles. The van der Waals surface area contributed by atoms with Gasteiger partial charge in [-0.2, -0.15) is 0 Å². The van der Waals surface area contributed by atoms with E-state index in [1.807, 2.05) is 19.9 Å². The number of likely N-dealkylation sites (tertiary alicyclic amines) is 1. The SMILES string of the molecule is CC(C)c1cccc(C(=O)N2CCCC2C(=O)O)n1. The van der Waals surface area contributed by atoms with E-state index in [-0.39, 0.29) is 11.8 Å². The second-order valence-corrected chi connectivity index (χ2v) is 5.10. The highest BCUT2D eigenvalue weighted by Crippen LogP contribution is 2.20. The van der Waals surface area contributed by atoms with Gasteiger partial charge in [-0.1, -0.05) is 19.9 Å². The third-order valence-electron chi connectivity index (χ3n) is 3.38. The van der Waals surface area contributed by atoms with Crippen LogP contribution in [0.4, 0.5) is 0 Å². The molecule has 0 radical (unpaired) electrons. The highest BCUT2D eigenvalue weighted by molar-refractivity contribution is 5.95. The molecule has 2 rings (SSSR count).